The third-order valence-electron chi connectivity index (χ3n) is 2.74. The van der Waals surface area contributed by atoms with Crippen molar-refractivity contribution in [1.82, 2.24) is 10.1 Å². The summed E-state index contributed by atoms with van der Waals surface area (Å²) >= 11 is 0. The van der Waals surface area contributed by atoms with Crippen LogP contribution in [0.25, 0.3) is 0 Å². The van der Waals surface area contributed by atoms with Crippen LogP contribution in [0.15, 0.2) is 4.52 Å². The smallest absolute Gasteiger partial charge is 0.232 e. The molecule has 0 bridgehead atoms. The quantitative estimate of drug-likeness (QED) is 0.799. The van der Waals surface area contributed by atoms with E-state index < -0.39 is 6.10 Å². The van der Waals surface area contributed by atoms with Gasteiger partial charge >= 0.3 is 0 Å². The van der Waals surface area contributed by atoms with Crippen LogP contribution in [-0.4, -0.2) is 34.6 Å². The summed E-state index contributed by atoms with van der Waals surface area (Å²) in [7, 11) is 1.65. The minimum atomic E-state index is -0.437. The molecule has 1 aromatic heterocycles. The van der Waals surface area contributed by atoms with Gasteiger partial charge in [0.15, 0.2) is 5.82 Å². The topological polar surface area (TPSA) is 68.4 Å². The summed E-state index contributed by atoms with van der Waals surface area (Å²) in [4.78, 5) is 4.25. The molecule has 1 N–H and O–H groups in total. The second kappa shape index (κ2) is 5.96. The van der Waals surface area contributed by atoms with Crippen LogP contribution in [0.4, 0.5) is 0 Å². The van der Waals surface area contributed by atoms with Crippen LogP contribution >= 0.6 is 0 Å². The number of hydrogen-bond acceptors (Lipinski definition) is 5. The number of hydrogen-bond donors (Lipinski definition) is 1. The molecule has 3 unspecified atom stereocenters. The summed E-state index contributed by atoms with van der Waals surface area (Å²) in [5, 5.41) is 13.5. The van der Waals surface area contributed by atoms with Crippen molar-refractivity contribution in [3.05, 3.63) is 11.7 Å². The van der Waals surface area contributed by atoms with Gasteiger partial charge in [-0.2, -0.15) is 4.98 Å². The highest BCUT2D eigenvalue weighted by Gasteiger charge is 2.21. The van der Waals surface area contributed by atoms with E-state index in [2.05, 4.69) is 10.1 Å². The van der Waals surface area contributed by atoms with Gasteiger partial charge in [0.1, 0.15) is 0 Å². The minimum Gasteiger partial charge on any atom is -0.392 e. The minimum absolute atomic E-state index is 0.0665. The zero-order valence-corrected chi connectivity index (χ0v) is 10.3. The fourth-order valence-corrected chi connectivity index (χ4v) is 1.39. The predicted molar refractivity (Wildman–Crippen MR) is 59.2 cm³/mol. The molecule has 16 heavy (non-hydrogen) atoms. The molecule has 0 spiro atoms. The fourth-order valence-electron chi connectivity index (χ4n) is 1.39. The molecular weight excluding hydrogens is 208 g/mol. The van der Waals surface area contributed by atoms with E-state index in [1.165, 1.54) is 0 Å². The molecule has 1 aromatic rings. The molecule has 5 heteroatoms. The van der Waals surface area contributed by atoms with Crippen molar-refractivity contribution in [3.63, 3.8) is 0 Å². The molecule has 0 aromatic carbocycles. The van der Waals surface area contributed by atoms with E-state index in [1.54, 1.807) is 7.11 Å². The highest BCUT2D eigenvalue weighted by atomic mass is 16.5. The Morgan fingerprint density at radius 2 is 2.12 bits per heavy atom. The van der Waals surface area contributed by atoms with Crippen molar-refractivity contribution in [2.75, 3.05) is 7.11 Å². The van der Waals surface area contributed by atoms with E-state index in [9.17, 15) is 5.11 Å². The summed E-state index contributed by atoms with van der Waals surface area (Å²) in [6.45, 7) is 5.75. The molecule has 0 fully saturated rings. The van der Waals surface area contributed by atoms with Crippen LogP contribution in [0.3, 0.4) is 0 Å². The zero-order chi connectivity index (χ0) is 12.1. The second-order valence-electron chi connectivity index (χ2n) is 4.06. The van der Waals surface area contributed by atoms with Crippen LogP contribution in [-0.2, 0) is 11.2 Å². The normalized spacial score (nSPS) is 17.1. The largest absolute Gasteiger partial charge is 0.392 e. The Kier molecular flexibility index (Phi) is 4.89. The van der Waals surface area contributed by atoms with Crippen molar-refractivity contribution < 1.29 is 14.4 Å². The molecule has 3 atom stereocenters. The zero-order valence-electron chi connectivity index (χ0n) is 10.3. The highest BCUT2D eigenvalue weighted by molar-refractivity contribution is 4.95. The third-order valence-corrected chi connectivity index (χ3v) is 2.74. The van der Waals surface area contributed by atoms with Gasteiger partial charge in [-0.15, -0.1) is 0 Å². The molecule has 0 amide bonds. The molecule has 0 aliphatic heterocycles. The van der Waals surface area contributed by atoms with E-state index in [4.69, 9.17) is 9.26 Å². The first-order valence-corrected chi connectivity index (χ1v) is 5.61. The monoisotopic (exact) mass is 228 g/mol. The van der Waals surface area contributed by atoms with Crippen LogP contribution in [0.1, 0.15) is 44.8 Å². The van der Waals surface area contributed by atoms with Gasteiger partial charge in [-0.3, -0.25) is 0 Å². The number of aliphatic hydroxyl groups is 1. The number of aromatic nitrogens is 2. The fraction of sp³-hybridized carbons (Fsp3) is 0.818. The van der Waals surface area contributed by atoms with Crippen LogP contribution in [0.5, 0.6) is 0 Å². The maximum Gasteiger partial charge on any atom is 0.232 e. The molecule has 0 radical (unpaired) electrons. The van der Waals surface area contributed by atoms with Crippen molar-refractivity contribution in [3.8, 4) is 0 Å². The summed E-state index contributed by atoms with van der Waals surface area (Å²) in [6.07, 6.45) is 0.924. The SMILES string of the molecule is CCC(O)C(C)c1nc(CC(C)OC)no1. The Bertz CT molecular complexity index is 314. The first kappa shape index (κ1) is 13.1. The maximum atomic E-state index is 9.66. The van der Waals surface area contributed by atoms with Crippen LogP contribution in [0, 0.1) is 0 Å². The molecule has 0 aliphatic rings. The van der Waals surface area contributed by atoms with Gasteiger partial charge in [0.05, 0.1) is 18.1 Å². The number of ether oxygens (including phenoxy) is 1. The van der Waals surface area contributed by atoms with E-state index in [0.29, 0.717) is 24.6 Å². The molecule has 1 heterocycles. The van der Waals surface area contributed by atoms with E-state index in [1.807, 2.05) is 20.8 Å². The highest BCUT2D eigenvalue weighted by Crippen LogP contribution is 2.19. The summed E-state index contributed by atoms with van der Waals surface area (Å²) < 4.78 is 10.2. The second-order valence-corrected chi connectivity index (χ2v) is 4.06. The first-order valence-electron chi connectivity index (χ1n) is 5.61. The first-order chi connectivity index (χ1) is 7.58. The lowest BCUT2D eigenvalue weighted by Gasteiger charge is -2.11. The Labute approximate surface area is 95.8 Å². The average molecular weight is 228 g/mol. The Hall–Kier alpha value is -0.940. The Balaban J connectivity index is 2.63. The molecule has 5 nitrogen and oxygen atoms in total. The lowest BCUT2D eigenvalue weighted by molar-refractivity contribution is 0.116. The van der Waals surface area contributed by atoms with Gasteiger partial charge in [0.2, 0.25) is 5.89 Å². The van der Waals surface area contributed by atoms with E-state index in [0.717, 1.165) is 0 Å². The maximum absolute atomic E-state index is 9.66. The summed E-state index contributed by atoms with van der Waals surface area (Å²) in [5.74, 6) is 0.997. The molecule has 92 valence electrons. The molecule has 0 saturated carbocycles. The van der Waals surface area contributed by atoms with Gasteiger partial charge in [-0.25, -0.2) is 0 Å². The van der Waals surface area contributed by atoms with Gasteiger partial charge in [0, 0.05) is 13.5 Å². The van der Waals surface area contributed by atoms with Gasteiger partial charge in [-0.05, 0) is 13.3 Å². The predicted octanol–water partition coefficient (Wildman–Crippen LogP) is 1.52. The van der Waals surface area contributed by atoms with Gasteiger partial charge in [0.25, 0.3) is 0 Å². The standard InChI is InChI=1S/C11H20N2O3/c1-5-9(14)8(3)11-12-10(13-16-11)6-7(2)15-4/h7-9,14H,5-6H2,1-4H3. The number of nitrogens with zero attached hydrogens (tertiary/aromatic N) is 2. The number of methoxy groups -OCH3 is 1. The molecule has 0 saturated heterocycles. The molecule has 1 rings (SSSR count). The Morgan fingerprint density at radius 3 is 2.69 bits per heavy atom. The number of aliphatic hydroxyl groups excluding tert-OH is 1. The van der Waals surface area contributed by atoms with Crippen molar-refractivity contribution in [2.45, 2.75) is 51.7 Å². The summed E-state index contributed by atoms with van der Waals surface area (Å²) in [5.41, 5.74) is 0. The third kappa shape index (κ3) is 3.28. The van der Waals surface area contributed by atoms with Gasteiger partial charge in [-0.1, -0.05) is 19.0 Å². The van der Waals surface area contributed by atoms with E-state index >= 15 is 0 Å². The van der Waals surface area contributed by atoms with Crippen LogP contribution < -0.4 is 0 Å². The lowest BCUT2D eigenvalue weighted by atomic mass is 10.0. The van der Waals surface area contributed by atoms with Gasteiger partial charge < -0.3 is 14.4 Å². The lowest BCUT2D eigenvalue weighted by Crippen LogP contribution is -2.15. The Morgan fingerprint density at radius 1 is 1.44 bits per heavy atom. The van der Waals surface area contributed by atoms with Crippen LogP contribution in [0.2, 0.25) is 0 Å². The summed E-state index contributed by atoms with van der Waals surface area (Å²) in [6, 6.07) is 0. The average Bonchev–Trinajstić information content (AvgIpc) is 2.75. The molecular formula is C11H20N2O3. The number of rotatable bonds is 6. The van der Waals surface area contributed by atoms with Crippen molar-refractivity contribution in [1.29, 1.82) is 0 Å². The van der Waals surface area contributed by atoms with Crippen molar-refractivity contribution >= 4 is 0 Å². The van der Waals surface area contributed by atoms with E-state index in [-0.39, 0.29) is 12.0 Å². The van der Waals surface area contributed by atoms with Crippen molar-refractivity contribution in [2.24, 2.45) is 0 Å². The molecule has 0 aliphatic carbocycles.